The van der Waals surface area contributed by atoms with Gasteiger partial charge < -0.3 is 25.2 Å². The molecule has 0 fully saturated rings. The molecule has 5 rings (SSSR count). The van der Waals surface area contributed by atoms with E-state index in [1.165, 1.54) is 0 Å². The maximum Gasteiger partial charge on any atom is 0.255 e. The van der Waals surface area contributed by atoms with Gasteiger partial charge in [-0.3, -0.25) is 4.79 Å². The highest BCUT2D eigenvalue weighted by Gasteiger charge is 2.35. The molecule has 0 saturated carbocycles. The summed E-state index contributed by atoms with van der Waals surface area (Å²) >= 11 is 0. The van der Waals surface area contributed by atoms with Gasteiger partial charge in [-0.1, -0.05) is 24.3 Å². The quantitative estimate of drug-likeness (QED) is 0.368. The lowest BCUT2D eigenvalue weighted by Gasteiger charge is -2.29. The van der Waals surface area contributed by atoms with E-state index in [-0.39, 0.29) is 11.7 Å². The second kappa shape index (κ2) is 9.46. The molecule has 9 nitrogen and oxygen atoms in total. The molecule has 9 heteroatoms. The second-order valence-corrected chi connectivity index (χ2v) is 8.25. The number of phenolic OH excluding ortho intramolecular Hbond substituents is 1. The van der Waals surface area contributed by atoms with Crippen LogP contribution in [-0.4, -0.2) is 40.0 Å². The Morgan fingerprint density at radius 3 is 2.56 bits per heavy atom. The van der Waals surface area contributed by atoms with Gasteiger partial charge in [-0.25, -0.2) is 4.68 Å². The van der Waals surface area contributed by atoms with Crippen molar-refractivity contribution in [1.82, 2.24) is 14.8 Å². The van der Waals surface area contributed by atoms with E-state index in [9.17, 15) is 9.90 Å². The molecule has 0 aliphatic carbocycles. The van der Waals surface area contributed by atoms with Crippen molar-refractivity contribution in [2.24, 2.45) is 0 Å². The molecular formula is C27H25N5O4. The molecule has 1 aliphatic rings. The summed E-state index contributed by atoms with van der Waals surface area (Å²) in [4.78, 5) is 18.4. The predicted molar refractivity (Wildman–Crippen MR) is 136 cm³/mol. The minimum Gasteiger partial charge on any atom is -0.508 e. The third-order valence-electron chi connectivity index (χ3n) is 5.99. The van der Waals surface area contributed by atoms with Gasteiger partial charge in [-0.2, -0.15) is 4.98 Å². The highest BCUT2D eigenvalue weighted by Crippen LogP contribution is 2.38. The molecule has 1 aromatic heterocycles. The molecule has 182 valence electrons. The number of para-hydroxylation sites is 2. The molecule has 1 aliphatic heterocycles. The summed E-state index contributed by atoms with van der Waals surface area (Å²) < 4.78 is 12.6. The first kappa shape index (κ1) is 23.0. The zero-order valence-electron chi connectivity index (χ0n) is 20.0. The lowest BCUT2D eigenvalue weighted by atomic mass is 9.95. The molecule has 1 amide bonds. The minimum atomic E-state index is -0.579. The van der Waals surface area contributed by atoms with Crippen LogP contribution >= 0.6 is 0 Å². The van der Waals surface area contributed by atoms with Crippen molar-refractivity contribution in [2.75, 3.05) is 24.9 Å². The third-order valence-corrected chi connectivity index (χ3v) is 5.99. The lowest BCUT2D eigenvalue weighted by Crippen LogP contribution is -2.31. The van der Waals surface area contributed by atoms with Gasteiger partial charge in [0.05, 0.1) is 25.5 Å². The Morgan fingerprint density at radius 2 is 1.81 bits per heavy atom. The summed E-state index contributed by atoms with van der Waals surface area (Å²) in [5.41, 5.74) is 3.22. The average molecular weight is 484 g/mol. The SMILES string of the molecule is COc1cccc(C2C(C(=O)Nc3ccccc3OC)=C(C)Nc3nc(-c4ccc(O)cc4)nn32)c1. The number of anilines is 2. The van der Waals surface area contributed by atoms with Gasteiger partial charge in [-0.05, 0) is 61.0 Å². The van der Waals surface area contributed by atoms with E-state index in [4.69, 9.17) is 14.6 Å². The minimum absolute atomic E-state index is 0.155. The van der Waals surface area contributed by atoms with Gasteiger partial charge in [0.1, 0.15) is 23.3 Å². The molecule has 3 N–H and O–H groups in total. The summed E-state index contributed by atoms with van der Waals surface area (Å²) in [5.74, 6) is 2.03. The highest BCUT2D eigenvalue weighted by atomic mass is 16.5. The Kier molecular flexibility index (Phi) is 6.03. The number of hydrogen-bond acceptors (Lipinski definition) is 7. The van der Waals surface area contributed by atoms with Gasteiger partial charge in [0, 0.05) is 11.3 Å². The number of benzene rings is 3. The molecule has 3 aromatic carbocycles. The van der Waals surface area contributed by atoms with E-state index < -0.39 is 6.04 Å². The lowest BCUT2D eigenvalue weighted by molar-refractivity contribution is -0.113. The Balaban J connectivity index is 1.61. The number of carbonyl (C=O) groups is 1. The molecule has 0 bridgehead atoms. The number of allylic oxidation sites excluding steroid dienone is 1. The van der Waals surface area contributed by atoms with Crippen molar-refractivity contribution < 1.29 is 19.4 Å². The fourth-order valence-electron chi connectivity index (χ4n) is 4.24. The summed E-state index contributed by atoms with van der Waals surface area (Å²) in [7, 11) is 3.16. The predicted octanol–water partition coefficient (Wildman–Crippen LogP) is 4.60. The molecule has 36 heavy (non-hydrogen) atoms. The van der Waals surface area contributed by atoms with Crippen LogP contribution in [-0.2, 0) is 4.79 Å². The molecule has 0 spiro atoms. The fourth-order valence-corrected chi connectivity index (χ4v) is 4.24. The maximum absolute atomic E-state index is 13.7. The highest BCUT2D eigenvalue weighted by molar-refractivity contribution is 6.06. The van der Waals surface area contributed by atoms with Crippen LogP contribution in [0, 0.1) is 0 Å². The monoisotopic (exact) mass is 483 g/mol. The molecular weight excluding hydrogens is 458 g/mol. The van der Waals surface area contributed by atoms with Crippen molar-refractivity contribution in [3.63, 3.8) is 0 Å². The van der Waals surface area contributed by atoms with Gasteiger partial charge in [0.25, 0.3) is 5.91 Å². The van der Waals surface area contributed by atoms with Gasteiger partial charge in [-0.15, -0.1) is 5.10 Å². The van der Waals surface area contributed by atoms with E-state index in [0.29, 0.717) is 40.2 Å². The van der Waals surface area contributed by atoms with Crippen LogP contribution in [0.4, 0.5) is 11.6 Å². The average Bonchev–Trinajstić information content (AvgIpc) is 3.32. The smallest absolute Gasteiger partial charge is 0.255 e. The first-order chi connectivity index (χ1) is 17.5. The van der Waals surface area contributed by atoms with Gasteiger partial charge >= 0.3 is 0 Å². The maximum atomic E-state index is 13.7. The van der Waals surface area contributed by atoms with Crippen molar-refractivity contribution in [1.29, 1.82) is 0 Å². The number of phenols is 1. The summed E-state index contributed by atoms with van der Waals surface area (Å²) in [5, 5.41) is 20.6. The summed E-state index contributed by atoms with van der Waals surface area (Å²) in [6.45, 7) is 1.84. The number of amides is 1. The normalized spacial score (nSPS) is 14.6. The number of methoxy groups -OCH3 is 2. The number of hydrogen-bond donors (Lipinski definition) is 3. The number of nitrogens with zero attached hydrogens (tertiary/aromatic N) is 3. The number of ether oxygens (including phenoxy) is 2. The Morgan fingerprint density at radius 1 is 1.03 bits per heavy atom. The van der Waals surface area contributed by atoms with Crippen LogP contribution in [0.5, 0.6) is 17.2 Å². The second-order valence-electron chi connectivity index (χ2n) is 8.25. The molecule has 1 atom stereocenters. The fraction of sp³-hybridized carbons (Fsp3) is 0.148. The molecule has 2 heterocycles. The van der Waals surface area contributed by atoms with E-state index >= 15 is 0 Å². The number of nitrogens with one attached hydrogen (secondary N) is 2. The Hall–Kier alpha value is -4.79. The van der Waals surface area contributed by atoms with Crippen molar-refractivity contribution in [3.8, 4) is 28.6 Å². The number of rotatable bonds is 6. The van der Waals surface area contributed by atoms with E-state index in [1.54, 1.807) is 55.3 Å². The molecule has 4 aromatic rings. The standard InChI is InChI=1S/C27H25N5O4/c1-16-23(26(34)29-21-9-4-5-10-22(21)36-3)24(18-7-6-8-20(15-18)35-2)32-27(28-16)30-25(31-32)17-11-13-19(33)14-12-17/h4-15,24,33H,1-3H3,(H,29,34)(H,28,30,31). The van der Waals surface area contributed by atoms with Crippen LogP contribution in [0.25, 0.3) is 11.4 Å². The zero-order chi connectivity index (χ0) is 25.2. The first-order valence-electron chi connectivity index (χ1n) is 11.3. The summed E-state index contributed by atoms with van der Waals surface area (Å²) in [6.07, 6.45) is 0. The third kappa shape index (κ3) is 4.22. The van der Waals surface area contributed by atoms with E-state index in [2.05, 4.69) is 15.6 Å². The molecule has 0 saturated heterocycles. The van der Waals surface area contributed by atoms with Gasteiger partial charge in [0.2, 0.25) is 5.95 Å². The van der Waals surface area contributed by atoms with E-state index in [1.807, 2.05) is 43.3 Å². The van der Waals surface area contributed by atoms with Crippen LogP contribution in [0.2, 0.25) is 0 Å². The van der Waals surface area contributed by atoms with E-state index in [0.717, 1.165) is 11.1 Å². The topological polar surface area (TPSA) is 111 Å². The van der Waals surface area contributed by atoms with Crippen LogP contribution in [0.15, 0.2) is 84.1 Å². The molecule has 0 radical (unpaired) electrons. The number of fused-ring (bicyclic) bond motifs is 1. The van der Waals surface area contributed by atoms with Crippen LogP contribution < -0.4 is 20.1 Å². The van der Waals surface area contributed by atoms with Gasteiger partial charge in [0.15, 0.2) is 5.82 Å². The Bertz CT molecular complexity index is 1460. The van der Waals surface area contributed by atoms with Crippen molar-refractivity contribution in [3.05, 3.63) is 89.6 Å². The largest absolute Gasteiger partial charge is 0.508 e. The first-order valence-corrected chi connectivity index (χ1v) is 11.3. The van der Waals surface area contributed by atoms with Crippen molar-refractivity contribution >= 4 is 17.5 Å². The number of carbonyl (C=O) groups excluding carboxylic acids is 1. The Labute approximate surface area is 208 Å². The van der Waals surface area contributed by atoms with Crippen LogP contribution in [0.3, 0.4) is 0 Å². The van der Waals surface area contributed by atoms with Crippen molar-refractivity contribution in [2.45, 2.75) is 13.0 Å². The number of aromatic nitrogens is 3. The zero-order valence-corrected chi connectivity index (χ0v) is 20.0. The number of aromatic hydroxyl groups is 1. The molecule has 1 unspecified atom stereocenters. The van der Waals surface area contributed by atoms with Crippen LogP contribution in [0.1, 0.15) is 18.5 Å². The summed E-state index contributed by atoms with van der Waals surface area (Å²) in [6, 6.07) is 20.8.